The van der Waals surface area contributed by atoms with Gasteiger partial charge in [-0.3, -0.25) is 50.4 Å². The zero-order valence-electron chi connectivity index (χ0n) is 37.9. The second-order valence-electron chi connectivity index (χ2n) is 20.8. The molecule has 348 valence electrons. The number of hydrogen-bond donors (Lipinski definition) is 6. The fourth-order valence-corrected chi connectivity index (χ4v) is 12.8. The molecule has 7 saturated heterocycles. The fourth-order valence-electron chi connectivity index (χ4n) is 12.8. The minimum atomic E-state index is -0.807. The van der Waals surface area contributed by atoms with Crippen LogP contribution in [0.5, 0.6) is 0 Å². The van der Waals surface area contributed by atoms with Crippen molar-refractivity contribution in [3.63, 3.8) is 0 Å². The molecule has 6 N–H and O–H groups in total. The maximum atomic E-state index is 13.8. The maximum Gasteiger partial charge on any atom is 0.255 e. The molecule has 7 atom stereocenters. The number of likely N-dealkylation sites (tertiary alicyclic amines) is 1. The third-order valence-corrected chi connectivity index (χ3v) is 16.8. The van der Waals surface area contributed by atoms with Gasteiger partial charge in [0.15, 0.2) is 0 Å². The average Bonchev–Trinajstić information content (AvgIpc) is 3.96. The molecule has 0 saturated carbocycles. The van der Waals surface area contributed by atoms with Gasteiger partial charge < -0.3 is 25.1 Å². The minimum Gasteiger partial charge on any atom is -0.389 e. The van der Waals surface area contributed by atoms with E-state index in [1.165, 1.54) is 25.2 Å². The number of amides is 4. The van der Waals surface area contributed by atoms with Crippen molar-refractivity contribution in [3.05, 3.63) is 65.7 Å². The van der Waals surface area contributed by atoms with Crippen LogP contribution in [0.1, 0.15) is 99.9 Å². The standard InChI is InChI=1S/C49H67N11O5/c1-48(65)18-3-2-4-22-59-46(64)38-29-50-47(54-43(38)60(59)41-7-5-6-40(48)52-41)51-33-9-12-34(13-10-33)55-23-16-35(17-24-55)57-27-21-49(31-57)19-25-56(26-20-49)36-11-8-32-30-58(45(63)37(32)28-36)39-14-15-42(61)53-44(39)62/h2,4,8-13,28,35,38-41,43,47,50-52,54,65H,3,5-7,14-27,29-31H2,1H3,(H,53,61,62)/b4-2-/t38?,39?,40?,41?,43?,47?,48-/m1/s1. The predicted molar refractivity (Wildman–Crippen MR) is 247 cm³/mol. The molecular weight excluding hydrogens is 823 g/mol. The number of nitrogens with one attached hydrogen (secondary N) is 5. The first-order valence-corrected chi connectivity index (χ1v) is 24.6. The summed E-state index contributed by atoms with van der Waals surface area (Å²) < 4.78 is 0. The Hall–Kier alpha value is -4.58. The summed E-state index contributed by atoms with van der Waals surface area (Å²) in [5.41, 5.74) is 4.54. The topological polar surface area (TPSA) is 168 Å². The van der Waals surface area contributed by atoms with Crippen molar-refractivity contribution in [2.45, 2.75) is 133 Å². The number of aliphatic hydroxyl groups is 1. The Morgan fingerprint density at radius 1 is 0.815 bits per heavy atom. The highest BCUT2D eigenvalue weighted by molar-refractivity contribution is 6.05. The molecule has 7 fully saturated rings. The predicted octanol–water partition coefficient (Wildman–Crippen LogP) is 2.87. The molecule has 4 amide bonds. The van der Waals surface area contributed by atoms with Gasteiger partial charge in [0.2, 0.25) is 17.7 Å². The molecule has 0 radical (unpaired) electrons. The Labute approximate surface area is 382 Å². The van der Waals surface area contributed by atoms with Crippen LogP contribution in [0.15, 0.2) is 54.6 Å². The van der Waals surface area contributed by atoms with Crippen molar-refractivity contribution < 1.29 is 24.3 Å². The van der Waals surface area contributed by atoms with Crippen molar-refractivity contribution in [2.75, 3.05) is 67.5 Å². The van der Waals surface area contributed by atoms with Gasteiger partial charge in [0.1, 0.15) is 12.3 Å². The zero-order chi connectivity index (χ0) is 44.5. The van der Waals surface area contributed by atoms with Gasteiger partial charge in [0.25, 0.3) is 5.91 Å². The first-order chi connectivity index (χ1) is 31.5. The van der Waals surface area contributed by atoms with E-state index in [2.05, 4.69) is 94.8 Å². The number of piperidine rings is 4. The van der Waals surface area contributed by atoms with Crippen LogP contribution in [0.3, 0.4) is 0 Å². The monoisotopic (exact) mass is 890 g/mol. The number of benzene rings is 2. The van der Waals surface area contributed by atoms with Crippen LogP contribution >= 0.6 is 0 Å². The second kappa shape index (κ2) is 17.3. The SMILES string of the molecule is C[C@@]1(O)CC/C=C\CN2C(=O)C3CNC(Nc4ccc(N5CCC(N6CCC7(CCN(c8ccc9c(c8)C(=O)N(C8CCC(=O)NC8=O)C9)CC7)C6)CC5)cc4)NC3N2C2CCCC1N2. The summed E-state index contributed by atoms with van der Waals surface area (Å²) >= 11 is 0. The van der Waals surface area contributed by atoms with E-state index in [9.17, 15) is 24.3 Å². The molecular formula is C49H67N11O5. The molecule has 9 aliphatic rings. The van der Waals surface area contributed by atoms with E-state index in [4.69, 9.17) is 0 Å². The lowest BCUT2D eigenvalue weighted by atomic mass is 9.77. The molecule has 16 heteroatoms. The van der Waals surface area contributed by atoms with Gasteiger partial charge in [-0.05, 0) is 131 Å². The second-order valence-corrected chi connectivity index (χ2v) is 20.8. The highest BCUT2D eigenvalue weighted by Crippen LogP contribution is 2.44. The summed E-state index contributed by atoms with van der Waals surface area (Å²) in [6, 6.07) is 15.0. The molecule has 2 aromatic carbocycles. The van der Waals surface area contributed by atoms with Crippen LogP contribution in [-0.4, -0.2) is 143 Å². The summed E-state index contributed by atoms with van der Waals surface area (Å²) in [4.78, 5) is 60.9. The molecule has 0 aliphatic carbocycles. The third-order valence-electron chi connectivity index (χ3n) is 16.8. The Kier molecular flexibility index (Phi) is 11.4. The summed E-state index contributed by atoms with van der Waals surface area (Å²) in [5.74, 6) is -0.804. The quantitative estimate of drug-likeness (QED) is 0.185. The molecule has 9 heterocycles. The first kappa shape index (κ1) is 43.0. The Bertz CT molecular complexity index is 2190. The fraction of sp³-hybridized carbons (Fsp3) is 0.633. The summed E-state index contributed by atoms with van der Waals surface area (Å²) in [6.07, 6.45) is 14.7. The average molecular weight is 890 g/mol. The lowest BCUT2D eigenvalue weighted by molar-refractivity contribution is -0.146. The summed E-state index contributed by atoms with van der Waals surface area (Å²) in [6.45, 7) is 9.86. The van der Waals surface area contributed by atoms with Crippen LogP contribution in [0.2, 0.25) is 0 Å². The highest BCUT2D eigenvalue weighted by atomic mass is 16.3. The number of nitrogens with zero attached hydrogens (tertiary/aromatic N) is 6. The first-order valence-electron chi connectivity index (χ1n) is 24.6. The van der Waals surface area contributed by atoms with Gasteiger partial charge in [-0.1, -0.05) is 18.2 Å². The van der Waals surface area contributed by atoms with Crippen molar-refractivity contribution in [1.29, 1.82) is 0 Å². The van der Waals surface area contributed by atoms with Gasteiger partial charge in [0, 0.05) is 86.9 Å². The van der Waals surface area contributed by atoms with Gasteiger partial charge in [-0.25, -0.2) is 0 Å². The van der Waals surface area contributed by atoms with Crippen LogP contribution < -0.4 is 36.4 Å². The molecule has 0 aromatic heterocycles. The van der Waals surface area contributed by atoms with E-state index in [0.717, 1.165) is 94.5 Å². The van der Waals surface area contributed by atoms with Gasteiger partial charge in [-0.2, -0.15) is 5.01 Å². The van der Waals surface area contributed by atoms with Gasteiger partial charge in [-0.15, -0.1) is 0 Å². The maximum absolute atomic E-state index is 13.8. The molecule has 65 heavy (non-hydrogen) atoms. The van der Waals surface area contributed by atoms with Crippen molar-refractivity contribution >= 4 is 40.7 Å². The molecule has 1 spiro atoms. The molecule has 6 unspecified atom stereocenters. The summed E-state index contributed by atoms with van der Waals surface area (Å²) in [5, 5.41) is 32.7. The Morgan fingerprint density at radius 2 is 1.58 bits per heavy atom. The molecule has 9 aliphatic heterocycles. The smallest absolute Gasteiger partial charge is 0.255 e. The number of hydrogen-bond acceptors (Lipinski definition) is 13. The molecule has 11 rings (SSSR count). The number of anilines is 3. The Balaban J connectivity index is 0.653. The summed E-state index contributed by atoms with van der Waals surface area (Å²) in [7, 11) is 0. The highest BCUT2D eigenvalue weighted by Gasteiger charge is 2.53. The van der Waals surface area contributed by atoms with E-state index in [1.807, 2.05) is 18.0 Å². The lowest BCUT2D eigenvalue weighted by Crippen LogP contribution is -2.69. The number of rotatable bonds is 6. The van der Waals surface area contributed by atoms with Crippen LogP contribution in [0.4, 0.5) is 17.1 Å². The normalized spacial score (nSPS) is 34.0. The van der Waals surface area contributed by atoms with Crippen LogP contribution in [0.25, 0.3) is 0 Å². The lowest BCUT2D eigenvalue weighted by Gasteiger charge is -2.47. The van der Waals surface area contributed by atoms with E-state index in [1.54, 1.807) is 4.90 Å². The van der Waals surface area contributed by atoms with Crippen molar-refractivity contribution in [2.24, 2.45) is 11.3 Å². The molecule has 2 bridgehead atoms. The largest absolute Gasteiger partial charge is 0.389 e. The third kappa shape index (κ3) is 8.22. The van der Waals surface area contributed by atoms with Gasteiger partial charge in [0.05, 0.1) is 30.4 Å². The van der Waals surface area contributed by atoms with Crippen LogP contribution in [-0.2, 0) is 20.9 Å². The number of carbonyl (C=O) groups excluding carboxylic acids is 4. The molecule has 2 aromatic rings. The van der Waals surface area contributed by atoms with Crippen LogP contribution in [0, 0.1) is 11.3 Å². The van der Waals surface area contributed by atoms with E-state index in [0.29, 0.717) is 49.5 Å². The van der Waals surface area contributed by atoms with Crippen molar-refractivity contribution in [1.82, 2.24) is 41.1 Å². The minimum absolute atomic E-state index is 0.0181. The van der Waals surface area contributed by atoms with E-state index >= 15 is 0 Å². The number of fused-ring (bicyclic) bond motifs is 7. The Morgan fingerprint density at radius 3 is 2.38 bits per heavy atom. The zero-order valence-corrected chi connectivity index (χ0v) is 37.9. The number of allylic oxidation sites excluding steroid dienone is 1. The van der Waals surface area contributed by atoms with Crippen molar-refractivity contribution in [3.8, 4) is 0 Å². The van der Waals surface area contributed by atoms with E-state index in [-0.39, 0.29) is 60.6 Å². The number of hydrazine groups is 1. The number of carbonyl (C=O) groups is 4. The molecule has 16 nitrogen and oxygen atoms in total. The number of imide groups is 1. The van der Waals surface area contributed by atoms with E-state index < -0.39 is 11.6 Å². The van der Waals surface area contributed by atoms with Gasteiger partial charge >= 0.3 is 0 Å².